The number of hydrogen-bond acceptors (Lipinski definition) is 10. The molecule has 0 radical (unpaired) electrons. The second kappa shape index (κ2) is 10.4. The van der Waals surface area contributed by atoms with Crippen LogP contribution in [-0.2, 0) is 10.0 Å². The Morgan fingerprint density at radius 2 is 2.05 bits per heavy atom. The number of carbonyl (C=O) groups excluding carboxylic acids is 1. The van der Waals surface area contributed by atoms with Gasteiger partial charge >= 0.3 is 0 Å². The van der Waals surface area contributed by atoms with Gasteiger partial charge in [-0.2, -0.15) is 0 Å². The number of amides is 1. The van der Waals surface area contributed by atoms with Crippen LogP contribution in [-0.4, -0.2) is 70.7 Å². The molecule has 2 N–H and O–H groups in total. The third-order valence-electron chi connectivity index (χ3n) is 7.50. The number of aromatic nitrogens is 4. The molecule has 2 aliphatic carbocycles. The van der Waals surface area contributed by atoms with E-state index in [4.69, 9.17) is 4.74 Å². The van der Waals surface area contributed by atoms with Gasteiger partial charge in [0.2, 0.25) is 15.9 Å². The zero-order valence-electron chi connectivity index (χ0n) is 21.7. The fraction of sp³-hybridized carbons (Fsp3) is 0.500. The lowest BCUT2D eigenvalue weighted by atomic mass is 9.63. The first-order chi connectivity index (χ1) is 18.8. The number of nitrogens with zero attached hydrogens (tertiary/aromatic N) is 5. The summed E-state index contributed by atoms with van der Waals surface area (Å²) < 4.78 is 33.1. The largest absolute Gasteiger partial charge is 0.477 e. The first-order valence-corrected chi connectivity index (χ1v) is 15.6. The Kier molecular flexibility index (Phi) is 6.98. The van der Waals surface area contributed by atoms with E-state index in [9.17, 15) is 13.2 Å². The molecule has 1 atom stereocenters. The predicted octanol–water partition coefficient (Wildman–Crippen LogP) is 3.25. The van der Waals surface area contributed by atoms with E-state index in [1.54, 1.807) is 36.9 Å². The molecule has 6 rings (SSSR count). The quantitative estimate of drug-likeness (QED) is 0.356. The van der Waals surface area contributed by atoms with Crippen LogP contribution in [0.1, 0.15) is 60.6 Å². The van der Waals surface area contributed by atoms with Crippen molar-refractivity contribution in [1.82, 2.24) is 30.2 Å². The molecule has 1 saturated heterocycles. The molecule has 3 fully saturated rings. The number of pyridine rings is 1. The van der Waals surface area contributed by atoms with Crippen LogP contribution in [0.25, 0.3) is 10.6 Å². The van der Waals surface area contributed by atoms with Gasteiger partial charge in [0.15, 0.2) is 5.01 Å². The Morgan fingerprint density at radius 1 is 1.23 bits per heavy atom. The maximum Gasteiger partial charge on any atom is 0.280 e. The summed E-state index contributed by atoms with van der Waals surface area (Å²) in [6, 6.07) is 2.92. The Bertz CT molecular complexity index is 1460. The Hall–Kier alpha value is -3.16. The summed E-state index contributed by atoms with van der Waals surface area (Å²) in [4.78, 5) is 33.8. The van der Waals surface area contributed by atoms with E-state index in [0.717, 1.165) is 13.1 Å². The molecule has 1 spiro atoms. The van der Waals surface area contributed by atoms with E-state index in [0.29, 0.717) is 64.2 Å². The average molecular weight is 570 g/mol. The zero-order chi connectivity index (χ0) is 27.0. The number of likely N-dealkylation sites (tertiary alicyclic amines) is 1. The monoisotopic (exact) mass is 569 g/mol. The number of rotatable bonds is 11. The van der Waals surface area contributed by atoms with Crippen LogP contribution >= 0.6 is 11.3 Å². The number of sulfonamides is 1. The van der Waals surface area contributed by atoms with Gasteiger partial charge in [-0.15, -0.1) is 11.3 Å². The summed E-state index contributed by atoms with van der Waals surface area (Å²) in [5.74, 6) is 0.0892. The minimum atomic E-state index is -3.41. The van der Waals surface area contributed by atoms with Gasteiger partial charge in [0.25, 0.3) is 5.91 Å². The van der Waals surface area contributed by atoms with Crippen molar-refractivity contribution in [3.05, 3.63) is 47.6 Å². The smallest absolute Gasteiger partial charge is 0.280 e. The summed E-state index contributed by atoms with van der Waals surface area (Å²) in [5, 5.41) is 3.06. The highest BCUT2D eigenvalue weighted by Gasteiger charge is 2.47. The van der Waals surface area contributed by atoms with Crippen LogP contribution in [0.15, 0.2) is 36.9 Å². The lowest BCUT2D eigenvalue weighted by Crippen LogP contribution is -2.61. The average Bonchev–Trinajstić information content (AvgIpc) is 3.62. The molecule has 13 heteroatoms. The Morgan fingerprint density at radius 3 is 2.77 bits per heavy atom. The van der Waals surface area contributed by atoms with Crippen LogP contribution in [0.4, 0.5) is 5.69 Å². The van der Waals surface area contributed by atoms with Gasteiger partial charge in [-0.3, -0.25) is 24.4 Å². The molecular weight excluding hydrogens is 538 g/mol. The van der Waals surface area contributed by atoms with E-state index in [1.165, 1.54) is 30.6 Å². The van der Waals surface area contributed by atoms with Crippen molar-refractivity contribution >= 4 is 33.0 Å². The molecular formula is C26H31N7O4S2. The van der Waals surface area contributed by atoms with E-state index < -0.39 is 16.1 Å². The Balaban J connectivity index is 1.20. The van der Waals surface area contributed by atoms with Crippen LogP contribution in [0, 0.1) is 5.41 Å². The van der Waals surface area contributed by atoms with Crippen molar-refractivity contribution in [1.29, 1.82) is 0 Å². The predicted molar refractivity (Wildman–Crippen MR) is 147 cm³/mol. The third-order valence-corrected chi connectivity index (χ3v) is 10.4. The number of carbonyl (C=O) groups is 1. The zero-order valence-corrected chi connectivity index (χ0v) is 23.3. The van der Waals surface area contributed by atoms with E-state index >= 15 is 0 Å². The molecule has 0 unspecified atom stereocenters. The van der Waals surface area contributed by atoms with Crippen LogP contribution in [0.3, 0.4) is 0 Å². The molecule has 1 amide bonds. The molecule has 1 aliphatic heterocycles. The van der Waals surface area contributed by atoms with Crippen molar-refractivity contribution in [3.8, 4) is 16.5 Å². The first-order valence-electron chi connectivity index (χ1n) is 13.2. The normalized spacial score (nSPS) is 19.1. The molecule has 3 aromatic rings. The topological polar surface area (TPSA) is 139 Å². The van der Waals surface area contributed by atoms with Gasteiger partial charge in [0.1, 0.15) is 5.69 Å². The fourth-order valence-corrected chi connectivity index (χ4v) is 7.38. The van der Waals surface area contributed by atoms with Crippen molar-refractivity contribution < 1.29 is 17.9 Å². The van der Waals surface area contributed by atoms with Gasteiger partial charge in [-0.05, 0) is 50.2 Å². The van der Waals surface area contributed by atoms with Crippen LogP contribution in [0.5, 0.6) is 5.88 Å². The second-order valence-electron chi connectivity index (χ2n) is 10.6. The van der Waals surface area contributed by atoms with Crippen LogP contribution in [0.2, 0.25) is 0 Å². The summed E-state index contributed by atoms with van der Waals surface area (Å²) >= 11 is 1.22. The maximum absolute atomic E-state index is 13.4. The van der Waals surface area contributed by atoms with E-state index in [1.807, 2.05) is 6.92 Å². The number of ether oxygens (including phenoxy) is 1. The molecule has 3 aromatic heterocycles. The number of anilines is 1. The van der Waals surface area contributed by atoms with Gasteiger partial charge in [0.05, 0.1) is 46.6 Å². The van der Waals surface area contributed by atoms with Gasteiger partial charge < -0.3 is 10.1 Å². The van der Waals surface area contributed by atoms with Crippen molar-refractivity contribution in [2.45, 2.75) is 50.3 Å². The molecule has 0 bridgehead atoms. The second-order valence-corrected chi connectivity index (χ2v) is 13.6. The summed E-state index contributed by atoms with van der Waals surface area (Å²) in [6.07, 6.45) is 11.5. The number of hydrogen-bond donors (Lipinski definition) is 2. The van der Waals surface area contributed by atoms with Gasteiger partial charge in [-0.1, -0.05) is 6.42 Å². The summed E-state index contributed by atoms with van der Waals surface area (Å²) in [5.41, 5.74) is 2.07. The number of nitrogens with one attached hydrogen (secondary N) is 2. The lowest BCUT2D eigenvalue weighted by Gasteiger charge is -2.56. The SMILES string of the molecule is CCOc1cncc(-c2cnc(C(=O)N[C@@H](CN3CC4(CCC4)C3)c3cc(NS(=O)(=O)C4CC4)ccn3)s2)n1. The molecule has 4 heterocycles. The highest BCUT2D eigenvalue weighted by atomic mass is 32.2. The number of thiazole rings is 1. The van der Waals surface area contributed by atoms with E-state index in [2.05, 4.69) is 34.9 Å². The fourth-order valence-electron chi connectivity index (χ4n) is 5.23. The molecule has 39 heavy (non-hydrogen) atoms. The third kappa shape index (κ3) is 5.75. The van der Waals surface area contributed by atoms with Crippen molar-refractivity contribution in [2.24, 2.45) is 5.41 Å². The van der Waals surface area contributed by atoms with Crippen molar-refractivity contribution in [2.75, 3.05) is 31.0 Å². The standard InChI is InChI=1S/C26H31N7O4S2/c1-2-37-23-13-27-11-20(30-23)22-12-29-25(38-22)24(34)31-21(14-33-15-26(16-33)7-3-8-26)19-10-17(6-9-28-19)32-39(35,36)18-4-5-18/h6,9-13,18,21H,2-5,7-8,14-16H2,1H3,(H,28,32)(H,31,34)/t21-/m0/s1. The molecule has 206 valence electrons. The highest BCUT2D eigenvalue weighted by Crippen LogP contribution is 2.48. The van der Waals surface area contributed by atoms with Crippen molar-refractivity contribution in [3.63, 3.8) is 0 Å². The first kappa shape index (κ1) is 26.1. The van der Waals surface area contributed by atoms with Gasteiger partial charge in [0, 0.05) is 32.0 Å². The molecule has 11 nitrogen and oxygen atoms in total. The van der Waals surface area contributed by atoms with Gasteiger partial charge in [-0.25, -0.2) is 18.4 Å². The minimum Gasteiger partial charge on any atom is -0.477 e. The molecule has 2 saturated carbocycles. The molecule has 3 aliphatic rings. The minimum absolute atomic E-state index is 0.295. The lowest BCUT2D eigenvalue weighted by molar-refractivity contribution is -0.0633. The van der Waals surface area contributed by atoms with Crippen LogP contribution < -0.4 is 14.8 Å². The summed E-state index contributed by atoms with van der Waals surface area (Å²) in [6.45, 7) is 4.94. The Labute approximate surface area is 231 Å². The molecule has 0 aromatic carbocycles. The summed E-state index contributed by atoms with van der Waals surface area (Å²) in [7, 11) is -3.41. The maximum atomic E-state index is 13.4. The highest BCUT2D eigenvalue weighted by molar-refractivity contribution is 7.93. The van der Waals surface area contributed by atoms with E-state index in [-0.39, 0.29) is 11.2 Å².